The van der Waals surface area contributed by atoms with Gasteiger partial charge in [0.05, 0.1) is 5.75 Å². The van der Waals surface area contributed by atoms with E-state index in [-0.39, 0.29) is 0 Å². The lowest BCUT2D eigenvalue weighted by Crippen LogP contribution is -2.39. The molecule has 0 heterocycles. The SMILES string of the molecule is CS(=O)(=O)CC(Cl)(Cl)C(N)=O. The van der Waals surface area contributed by atoms with Crippen LogP contribution in [-0.2, 0) is 14.6 Å². The Morgan fingerprint density at radius 3 is 2.00 bits per heavy atom. The maximum absolute atomic E-state index is 10.6. The molecule has 0 saturated carbocycles. The predicted octanol–water partition coefficient (Wildman–Crippen LogP) is -0.310. The number of alkyl halides is 2. The number of nitrogens with two attached hydrogens (primary N) is 1. The van der Waals surface area contributed by atoms with Gasteiger partial charge in [0.15, 0.2) is 9.84 Å². The minimum atomic E-state index is -3.39. The molecule has 0 aliphatic carbocycles. The molecule has 0 atom stereocenters. The summed E-state index contributed by atoms with van der Waals surface area (Å²) in [6, 6.07) is 0. The van der Waals surface area contributed by atoms with Crippen LogP contribution < -0.4 is 5.73 Å². The van der Waals surface area contributed by atoms with E-state index in [4.69, 9.17) is 28.9 Å². The van der Waals surface area contributed by atoms with Gasteiger partial charge in [0.2, 0.25) is 4.33 Å². The number of hydrogen-bond donors (Lipinski definition) is 1. The first-order chi connectivity index (χ1) is 4.65. The van der Waals surface area contributed by atoms with Gasteiger partial charge in [0.25, 0.3) is 5.91 Å². The van der Waals surface area contributed by atoms with E-state index >= 15 is 0 Å². The van der Waals surface area contributed by atoms with E-state index in [0.29, 0.717) is 0 Å². The lowest BCUT2D eigenvalue weighted by atomic mass is 10.4. The van der Waals surface area contributed by atoms with Crippen molar-refractivity contribution in [3.8, 4) is 0 Å². The van der Waals surface area contributed by atoms with E-state index in [1.807, 2.05) is 0 Å². The molecule has 0 aromatic rings. The molecule has 0 radical (unpaired) electrons. The average Bonchev–Trinajstić information content (AvgIpc) is 1.56. The third kappa shape index (κ3) is 4.44. The largest absolute Gasteiger partial charge is 0.367 e. The van der Waals surface area contributed by atoms with Gasteiger partial charge < -0.3 is 5.73 Å². The number of amides is 1. The van der Waals surface area contributed by atoms with Gasteiger partial charge in [-0.15, -0.1) is 0 Å². The van der Waals surface area contributed by atoms with Crippen LogP contribution >= 0.6 is 23.2 Å². The zero-order chi connectivity index (χ0) is 9.28. The Kier molecular flexibility index (Phi) is 3.16. The van der Waals surface area contributed by atoms with Crippen LogP contribution in [0.3, 0.4) is 0 Å². The molecule has 0 unspecified atom stereocenters. The fourth-order valence-electron chi connectivity index (χ4n) is 0.400. The quantitative estimate of drug-likeness (QED) is 0.662. The summed E-state index contributed by atoms with van der Waals surface area (Å²) in [6.45, 7) is 0. The predicted molar refractivity (Wildman–Crippen MR) is 43.3 cm³/mol. The molecule has 0 aromatic heterocycles. The van der Waals surface area contributed by atoms with Crippen LogP contribution in [0.1, 0.15) is 0 Å². The molecule has 11 heavy (non-hydrogen) atoms. The van der Waals surface area contributed by atoms with E-state index in [1.165, 1.54) is 0 Å². The lowest BCUT2D eigenvalue weighted by Gasteiger charge is -2.12. The maximum Gasteiger partial charge on any atom is 0.254 e. The van der Waals surface area contributed by atoms with Gasteiger partial charge >= 0.3 is 0 Å². The third-order valence-electron chi connectivity index (χ3n) is 0.804. The van der Waals surface area contributed by atoms with Crippen molar-refractivity contribution in [3.05, 3.63) is 0 Å². The number of carbonyl (C=O) groups excluding carboxylic acids is 1. The lowest BCUT2D eigenvalue weighted by molar-refractivity contribution is -0.118. The summed E-state index contributed by atoms with van der Waals surface area (Å²) in [6.07, 6.45) is 0.912. The fraction of sp³-hybridized carbons (Fsp3) is 0.750. The molecule has 1 amide bonds. The normalized spacial score (nSPS) is 13.0. The molecule has 66 valence electrons. The first kappa shape index (κ1) is 11.0. The third-order valence-corrected chi connectivity index (χ3v) is 2.72. The summed E-state index contributed by atoms with van der Waals surface area (Å²) in [5, 5.41) is 0. The topological polar surface area (TPSA) is 77.2 Å². The van der Waals surface area contributed by atoms with Crippen molar-refractivity contribution in [1.82, 2.24) is 0 Å². The Labute approximate surface area is 74.6 Å². The first-order valence-corrected chi connectivity index (χ1v) is 5.32. The van der Waals surface area contributed by atoms with Crippen LogP contribution in [0.15, 0.2) is 0 Å². The van der Waals surface area contributed by atoms with Crippen molar-refractivity contribution < 1.29 is 13.2 Å². The number of sulfone groups is 1. The second-order valence-electron chi connectivity index (χ2n) is 2.14. The molecule has 0 aliphatic rings. The smallest absolute Gasteiger partial charge is 0.254 e. The van der Waals surface area contributed by atoms with Crippen LogP contribution in [0.25, 0.3) is 0 Å². The highest BCUT2D eigenvalue weighted by molar-refractivity contribution is 7.90. The highest BCUT2D eigenvalue weighted by Gasteiger charge is 2.35. The van der Waals surface area contributed by atoms with Crippen LogP contribution in [-0.4, -0.2) is 30.7 Å². The molecule has 0 bridgehead atoms. The highest BCUT2D eigenvalue weighted by Crippen LogP contribution is 2.21. The molecule has 4 nitrogen and oxygen atoms in total. The zero-order valence-electron chi connectivity index (χ0n) is 5.67. The van der Waals surface area contributed by atoms with Crippen LogP contribution in [0.5, 0.6) is 0 Å². The van der Waals surface area contributed by atoms with Crippen molar-refractivity contribution in [2.45, 2.75) is 4.33 Å². The summed E-state index contributed by atoms with van der Waals surface area (Å²) < 4.78 is 19.1. The number of rotatable bonds is 3. The van der Waals surface area contributed by atoms with Gasteiger partial charge in [0, 0.05) is 6.26 Å². The molecule has 0 spiro atoms. The van der Waals surface area contributed by atoms with Crippen molar-refractivity contribution in [2.24, 2.45) is 5.73 Å². The van der Waals surface area contributed by atoms with Crippen molar-refractivity contribution in [2.75, 3.05) is 12.0 Å². The number of primary amides is 1. The van der Waals surface area contributed by atoms with Gasteiger partial charge in [-0.3, -0.25) is 4.79 Å². The molecule has 0 saturated heterocycles. The Bertz CT molecular complexity index is 259. The molecule has 7 heteroatoms. The van der Waals surface area contributed by atoms with Gasteiger partial charge in [-0.05, 0) is 0 Å². The fourth-order valence-corrected chi connectivity index (χ4v) is 2.39. The van der Waals surface area contributed by atoms with Crippen molar-refractivity contribution in [1.29, 1.82) is 0 Å². The summed E-state index contributed by atoms with van der Waals surface area (Å²) in [4.78, 5) is 10.4. The average molecular weight is 220 g/mol. The van der Waals surface area contributed by atoms with E-state index in [2.05, 4.69) is 0 Å². The van der Waals surface area contributed by atoms with Crippen LogP contribution in [0.2, 0.25) is 0 Å². The summed E-state index contributed by atoms with van der Waals surface area (Å²) in [5.41, 5.74) is 4.71. The molecule has 0 aliphatic heterocycles. The Morgan fingerprint density at radius 2 is 1.91 bits per heavy atom. The van der Waals surface area contributed by atoms with E-state index in [9.17, 15) is 13.2 Å². The number of halogens is 2. The van der Waals surface area contributed by atoms with Gasteiger partial charge in [-0.25, -0.2) is 8.42 Å². The highest BCUT2D eigenvalue weighted by atomic mass is 35.5. The van der Waals surface area contributed by atoms with Gasteiger partial charge in [-0.2, -0.15) is 0 Å². The first-order valence-electron chi connectivity index (χ1n) is 2.50. The Balaban J connectivity index is 4.51. The van der Waals surface area contributed by atoms with Crippen LogP contribution in [0, 0.1) is 0 Å². The molecular formula is C4H7Cl2NO3S. The Morgan fingerprint density at radius 1 is 1.55 bits per heavy atom. The van der Waals surface area contributed by atoms with Gasteiger partial charge in [-0.1, -0.05) is 23.2 Å². The molecule has 2 N–H and O–H groups in total. The Hall–Kier alpha value is -0.000000000000000111. The summed E-state index contributed by atoms with van der Waals surface area (Å²) in [5.74, 6) is -1.73. The van der Waals surface area contributed by atoms with Crippen LogP contribution in [0.4, 0.5) is 0 Å². The van der Waals surface area contributed by atoms with E-state index in [0.717, 1.165) is 6.26 Å². The zero-order valence-corrected chi connectivity index (χ0v) is 8.00. The van der Waals surface area contributed by atoms with E-state index < -0.39 is 25.8 Å². The standard InChI is InChI=1S/C4H7Cl2NO3S/c1-11(9,10)2-4(5,6)3(7)8/h2H2,1H3,(H2,7,8). The van der Waals surface area contributed by atoms with Gasteiger partial charge in [0.1, 0.15) is 0 Å². The number of carbonyl (C=O) groups is 1. The monoisotopic (exact) mass is 219 g/mol. The number of hydrogen-bond acceptors (Lipinski definition) is 3. The molecular weight excluding hydrogens is 213 g/mol. The molecule has 0 rings (SSSR count). The summed E-state index contributed by atoms with van der Waals surface area (Å²) >= 11 is 10.5. The second-order valence-corrected chi connectivity index (χ2v) is 5.76. The minimum Gasteiger partial charge on any atom is -0.367 e. The van der Waals surface area contributed by atoms with Crippen molar-refractivity contribution in [3.63, 3.8) is 0 Å². The summed E-state index contributed by atoms with van der Waals surface area (Å²) in [7, 11) is -3.39. The second kappa shape index (κ2) is 3.16. The van der Waals surface area contributed by atoms with E-state index in [1.54, 1.807) is 0 Å². The van der Waals surface area contributed by atoms with Crippen molar-refractivity contribution >= 4 is 38.9 Å². The molecule has 0 fully saturated rings. The molecule has 0 aromatic carbocycles. The maximum atomic E-state index is 10.6. The minimum absolute atomic E-state index is 0.668.